The van der Waals surface area contributed by atoms with Crippen molar-refractivity contribution in [3.63, 3.8) is 0 Å². The Morgan fingerprint density at radius 1 is 1.31 bits per heavy atom. The van der Waals surface area contributed by atoms with E-state index in [1.165, 1.54) is 24.4 Å². The average molecular weight is 213 g/mol. The van der Waals surface area contributed by atoms with Gasteiger partial charge < -0.3 is 5.73 Å². The predicted octanol–water partition coefficient (Wildman–Crippen LogP) is 2.07. The second kappa shape index (κ2) is 4.43. The summed E-state index contributed by atoms with van der Waals surface area (Å²) in [5, 5.41) is 0. The van der Waals surface area contributed by atoms with Crippen LogP contribution in [0.5, 0.6) is 0 Å². The summed E-state index contributed by atoms with van der Waals surface area (Å²) >= 11 is 0. The highest BCUT2D eigenvalue weighted by atomic mass is 35.5. The number of alkyl halides is 3. The summed E-state index contributed by atoms with van der Waals surface area (Å²) in [7, 11) is 0. The minimum Gasteiger partial charge on any atom is -0.315 e. The van der Waals surface area contributed by atoms with Crippen LogP contribution < -0.4 is 5.73 Å². The Morgan fingerprint density at radius 2 is 1.92 bits per heavy atom. The first-order valence-electron chi connectivity index (χ1n) is 3.25. The first-order chi connectivity index (χ1) is 5.52. The van der Waals surface area contributed by atoms with Crippen molar-refractivity contribution in [3.05, 3.63) is 30.1 Å². The molecule has 0 amide bonds. The maximum atomic E-state index is 12.0. The lowest BCUT2D eigenvalue weighted by atomic mass is 10.2. The molecule has 13 heavy (non-hydrogen) atoms. The Labute approximate surface area is 79.4 Å². The van der Waals surface area contributed by atoms with Crippen molar-refractivity contribution in [1.82, 2.24) is 4.98 Å². The van der Waals surface area contributed by atoms with Crippen LogP contribution in [0.2, 0.25) is 0 Å². The molecule has 0 fully saturated rings. The van der Waals surface area contributed by atoms with Gasteiger partial charge in [-0.2, -0.15) is 13.2 Å². The minimum atomic E-state index is -4.42. The van der Waals surface area contributed by atoms with E-state index in [4.69, 9.17) is 5.73 Å². The van der Waals surface area contributed by atoms with Gasteiger partial charge in [0.15, 0.2) is 0 Å². The van der Waals surface area contributed by atoms with Gasteiger partial charge in [-0.1, -0.05) is 6.07 Å². The second-order valence-corrected chi connectivity index (χ2v) is 2.27. The Hall–Kier alpha value is -0.810. The second-order valence-electron chi connectivity index (χ2n) is 2.27. The van der Waals surface area contributed by atoms with Gasteiger partial charge in [0.1, 0.15) is 6.04 Å². The first-order valence-corrected chi connectivity index (χ1v) is 3.25. The largest absolute Gasteiger partial charge is 0.409 e. The van der Waals surface area contributed by atoms with E-state index >= 15 is 0 Å². The van der Waals surface area contributed by atoms with E-state index in [9.17, 15) is 13.2 Å². The van der Waals surface area contributed by atoms with Gasteiger partial charge in [0, 0.05) is 6.20 Å². The van der Waals surface area contributed by atoms with E-state index in [0.717, 1.165) is 0 Å². The molecule has 74 valence electrons. The van der Waals surface area contributed by atoms with Crippen LogP contribution in [0.3, 0.4) is 0 Å². The highest BCUT2D eigenvalue weighted by Gasteiger charge is 2.38. The Bertz CT molecular complexity index is 250. The summed E-state index contributed by atoms with van der Waals surface area (Å²) in [5.74, 6) is 0. The van der Waals surface area contributed by atoms with Crippen molar-refractivity contribution in [1.29, 1.82) is 0 Å². The zero-order chi connectivity index (χ0) is 9.19. The first kappa shape index (κ1) is 12.2. The number of hydrogen-bond acceptors (Lipinski definition) is 2. The maximum absolute atomic E-state index is 12.0. The Kier molecular flexibility index (Phi) is 4.16. The molecule has 0 bridgehead atoms. The number of rotatable bonds is 1. The van der Waals surface area contributed by atoms with Crippen LogP contribution in [0.4, 0.5) is 13.2 Å². The molecule has 1 heterocycles. The number of nitrogens with zero attached hydrogens (tertiary/aromatic N) is 1. The van der Waals surface area contributed by atoms with Gasteiger partial charge in [0.2, 0.25) is 0 Å². The number of aromatic nitrogens is 1. The Morgan fingerprint density at radius 3 is 2.31 bits per heavy atom. The SMILES string of the molecule is Cl.N[C@H](c1ccccn1)C(F)(F)F. The Balaban J connectivity index is 0.00000144. The molecule has 0 aliphatic heterocycles. The molecule has 0 saturated carbocycles. The maximum Gasteiger partial charge on any atom is 0.409 e. The van der Waals surface area contributed by atoms with Crippen LogP contribution in [-0.2, 0) is 0 Å². The number of hydrogen-bond donors (Lipinski definition) is 1. The van der Waals surface area contributed by atoms with Crippen molar-refractivity contribution in [2.45, 2.75) is 12.2 Å². The van der Waals surface area contributed by atoms with Gasteiger partial charge in [-0.15, -0.1) is 12.4 Å². The predicted molar refractivity (Wildman–Crippen MR) is 44.5 cm³/mol. The fourth-order valence-corrected chi connectivity index (χ4v) is 0.728. The summed E-state index contributed by atoms with van der Waals surface area (Å²) in [6.45, 7) is 0. The van der Waals surface area contributed by atoms with Gasteiger partial charge in [-0.05, 0) is 12.1 Å². The van der Waals surface area contributed by atoms with Gasteiger partial charge in [0.25, 0.3) is 0 Å². The van der Waals surface area contributed by atoms with Gasteiger partial charge >= 0.3 is 6.18 Å². The molecular formula is C7H8ClF3N2. The summed E-state index contributed by atoms with van der Waals surface area (Å²) in [6.07, 6.45) is -3.14. The lowest BCUT2D eigenvalue weighted by molar-refractivity contribution is -0.150. The monoisotopic (exact) mass is 212 g/mol. The van der Waals surface area contributed by atoms with Gasteiger partial charge in [-0.3, -0.25) is 4.98 Å². The van der Waals surface area contributed by atoms with Crippen molar-refractivity contribution in [2.75, 3.05) is 0 Å². The van der Waals surface area contributed by atoms with E-state index in [0.29, 0.717) is 0 Å². The van der Waals surface area contributed by atoms with Crippen molar-refractivity contribution >= 4 is 12.4 Å². The third-order valence-corrected chi connectivity index (χ3v) is 1.36. The van der Waals surface area contributed by atoms with Crippen LogP contribution in [-0.4, -0.2) is 11.2 Å². The summed E-state index contributed by atoms with van der Waals surface area (Å²) < 4.78 is 35.9. The van der Waals surface area contributed by atoms with Crippen LogP contribution in [0.1, 0.15) is 11.7 Å². The zero-order valence-electron chi connectivity index (χ0n) is 6.45. The van der Waals surface area contributed by atoms with Crippen molar-refractivity contribution < 1.29 is 13.2 Å². The quantitative estimate of drug-likeness (QED) is 0.774. The zero-order valence-corrected chi connectivity index (χ0v) is 7.27. The molecule has 0 spiro atoms. The van der Waals surface area contributed by atoms with Gasteiger partial charge in [0.05, 0.1) is 5.69 Å². The molecule has 1 atom stereocenters. The molecule has 0 saturated heterocycles. The van der Waals surface area contributed by atoms with Crippen LogP contribution in [0, 0.1) is 0 Å². The molecular weight excluding hydrogens is 205 g/mol. The third kappa shape index (κ3) is 3.20. The highest BCUT2D eigenvalue weighted by molar-refractivity contribution is 5.85. The lowest BCUT2D eigenvalue weighted by Crippen LogP contribution is -2.29. The fraction of sp³-hybridized carbons (Fsp3) is 0.286. The van der Waals surface area contributed by atoms with E-state index in [1.807, 2.05) is 0 Å². The lowest BCUT2D eigenvalue weighted by Gasteiger charge is -2.13. The van der Waals surface area contributed by atoms with Gasteiger partial charge in [-0.25, -0.2) is 0 Å². The molecule has 1 aromatic heterocycles. The summed E-state index contributed by atoms with van der Waals surface area (Å²) in [6, 6.07) is 2.26. The minimum absolute atomic E-state index is 0. The van der Waals surface area contributed by atoms with Crippen LogP contribution in [0.15, 0.2) is 24.4 Å². The number of halogens is 4. The van der Waals surface area contributed by atoms with Crippen molar-refractivity contribution in [3.8, 4) is 0 Å². The topological polar surface area (TPSA) is 38.9 Å². The molecule has 2 N–H and O–H groups in total. The molecule has 0 aliphatic rings. The van der Waals surface area contributed by atoms with E-state index in [2.05, 4.69) is 4.98 Å². The summed E-state index contributed by atoms with van der Waals surface area (Å²) in [4.78, 5) is 3.50. The molecule has 1 aromatic rings. The number of nitrogens with two attached hydrogens (primary N) is 1. The average Bonchev–Trinajstić information content (AvgIpc) is 2.03. The molecule has 0 unspecified atom stereocenters. The van der Waals surface area contributed by atoms with Crippen LogP contribution in [0.25, 0.3) is 0 Å². The molecule has 0 radical (unpaired) electrons. The number of pyridine rings is 1. The molecule has 1 rings (SSSR count). The van der Waals surface area contributed by atoms with E-state index in [1.54, 1.807) is 0 Å². The molecule has 0 aliphatic carbocycles. The third-order valence-electron chi connectivity index (χ3n) is 1.36. The molecule has 6 heteroatoms. The highest BCUT2D eigenvalue weighted by Crippen LogP contribution is 2.28. The standard InChI is InChI=1S/C7H7F3N2.ClH/c8-7(9,10)6(11)5-3-1-2-4-12-5;/h1-4,6H,11H2;1H/t6-;/m1./s1. The smallest absolute Gasteiger partial charge is 0.315 e. The van der Waals surface area contributed by atoms with E-state index in [-0.39, 0.29) is 18.1 Å². The fourth-order valence-electron chi connectivity index (χ4n) is 0.728. The molecule has 0 aromatic carbocycles. The summed E-state index contributed by atoms with van der Waals surface area (Å²) in [5.41, 5.74) is 4.72. The normalized spacial score (nSPS) is 13.2. The molecule has 2 nitrogen and oxygen atoms in total. The van der Waals surface area contributed by atoms with E-state index < -0.39 is 12.2 Å². The van der Waals surface area contributed by atoms with Crippen LogP contribution >= 0.6 is 12.4 Å². The van der Waals surface area contributed by atoms with Crippen molar-refractivity contribution in [2.24, 2.45) is 5.73 Å².